The van der Waals surface area contributed by atoms with Gasteiger partial charge in [0, 0.05) is 33.1 Å². The summed E-state index contributed by atoms with van der Waals surface area (Å²) in [6.45, 7) is -1.46. The van der Waals surface area contributed by atoms with Crippen LogP contribution in [0.3, 0.4) is 0 Å². The minimum atomic E-state index is -6.00. The third-order valence-corrected chi connectivity index (χ3v) is 4.61. The molecule has 1 heterocycles. The number of hydrogen-bond donors (Lipinski definition) is 1. The maximum Gasteiger partial charge on any atom is 0.427 e. The van der Waals surface area contributed by atoms with Gasteiger partial charge in [0.2, 0.25) is 0 Å². The Morgan fingerprint density at radius 1 is 1.00 bits per heavy atom. The van der Waals surface area contributed by atoms with Crippen molar-refractivity contribution in [1.29, 1.82) is 0 Å². The molecule has 0 amide bonds. The molecular formula is C8H12F6N2O2S. The molecular weight excluding hydrogens is 302 g/mol. The molecule has 114 valence electrons. The lowest BCUT2D eigenvalue weighted by atomic mass is 10.2. The highest BCUT2D eigenvalue weighted by molar-refractivity contribution is 7.90. The molecule has 0 atom stereocenters. The summed E-state index contributed by atoms with van der Waals surface area (Å²) < 4.78 is 101. The average molecular weight is 314 g/mol. The highest BCUT2D eigenvalue weighted by Crippen LogP contribution is 2.48. The van der Waals surface area contributed by atoms with Gasteiger partial charge in [-0.2, -0.15) is 30.6 Å². The Morgan fingerprint density at radius 3 is 1.79 bits per heavy atom. The molecule has 0 aromatic heterocycles. The van der Waals surface area contributed by atoms with Crippen molar-refractivity contribution in [3.8, 4) is 0 Å². The van der Waals surface area contributed by atoms with E-state index in [1.54, 1.807) is 0 Å². The molecule has 4 nitrogen and oxygen atoms in total. The molecule has 0 saturated carbocycles. The Balaban J connectivity index is 3.17. The van der Waals surface area contributed by atoms with Gasteiger partial charge in [0.05, 0.1) is 0 Å². The van der Waals surface area contributed by atoms with Crippen LogP contribution in [0.2, 0.25) is 0 Å². The normalized spacial score (nSPS) is 20.6. The lowest BCUT2D eigenvalue weighted by Gasteiger charge is -2.35. The summed E-state index contributed by atoms with van der Waals surface area (Å²) in [6, 6.07) is 0. The molecule has 0 aromatic carbocycles. The van der Waals surface area contributed by atoms with Crippen molar-refractivity contribution in [2.24, 2.45) is 0 Å². The standard InChI is InChI=1S/C8H12F6N2O2S/c1-6(9,10)7(11,12)8(13,14)19(17,18)16-4-2-15-3-5-16/h15H,2-5H2,1H3. The van der Waals surface area contributed by atoms with Crippen LogP contribution in [0.4, 0.5) is 26.3 Å². The molecule has 0 radical (unpaired) electrons. The summed E-state index contributed by atoms with van der Waals surface area (Å²) >= 11 is 0. The summed E-state index contributed by atoms with van der Waals surface area (Å²) in [5.41, 5.74) is 0. The van der Waals surface area contributed by atoms with E-state index in [9.17, 15) is 34.8 Å². The lowest BCUT2D eigenvalue weighted by molar-refractivity contribution is -0.272. The second-order valence-corrected chi connectivity index (χ2v) is 6.11. The minimum Gasteiger partial charge on any atom is -0.314 e. The van der Waals surface area contributed by atoms with Gasteiger partial charge in [0.15, 0.2) is 0 Å². The van der Waals surface area contributed by atoms with Gasteiger partial charge in [-0.3, -0.25) is 0 Å². The molecule has 0 unspecified atom stereocenters. The summed E-state index contributed by atoms with van der Waals surface area (Å²) in [4.78, 5) is 0. The van der Waals surface area contributed by atoms with Crippen molar-refractivity contribution < 1.29 is 34.8 Å². The first-order valence-electron chi connectivity index (χ1n) is 5.19. The number of nitrogens with one attached hydrogen (secondary N) is 1. The number of sulfonamides is 1. The maximum atomic E-state index is 13.4. The zero-order valence-corrected chi connectivity index (χ0v) is 10.6. The highest BCUT2D eigenvalue weighted by atomic mass is 32.2. The van der Waals surface area contributed by atoms with Crippen LogP contribution in [-0.4, -0.2) is 56.0 Å². The zero-order chi connectivity index (χ0) is 15.1. The SMILES string of the molecule is CC(F)(F)C(F)(F)C(F)(F)S(=O)(=O)N1CCNCC1. The quantitative estimate of drug-likeness (QED) is 0.791. The molecule has 0 bridgehead atoms. The molecule has 11 heteroatoms. The average Bonchev–Trinajstić information content (AvgIpc) is 2.28. The molecule has 1 fully saturated rings. The van der Waals surface area contributed by atoms with Gasteiger partial charge in [-0.1, -0.05) is 0 Å². The lowest BCUT2D eigenvalue weighted by Crippen LogP contribution is -2.62. The summed E-state index contributed by atoms with van der Waals surface area (Å²) in [5.74, 6) is -11.2. The van der Waals surface area contributed by atoms with Crippen molar-refractivity contribution in [3.05, 3.63) is 0 Å². The topological polar surface area (TPSA) is 49.4 Å². The van der Waals surface area contributed by atoms with Crippen molar-refractivity contribution in [2.45, 2.75) is 24.0 Å². The number of alkyl halides is 6. The number of halogens is 6. The fraction of sp³-hybridized carbons (Fsp3) is 1.00. The van der Waals surface area contributed by atoms with Crippen molar-refractivity contribution in [1.82, 2.24) is 9.62 Å². The molecule has 0 aliphatic carbocycles. The molecule has 19 heavy (non-hydrogen) atoms. The van der Waals surface area contributed by atoms with Crippen LogP contribution in [-0.2, 0) is 10.0 Å². The fourth-order valence-corrected chi connectivity index (χ4v) is 2.96. The molecule has 0 spiro atoms. The number of rotatable bonds is 4. The second-order valence-electron chi connectivity index (χ2n) is 4.13. The van der Waals surface area contributed by atoms with Crippen LogP contribution in [0.1, 0.15) is 6.92 Å². The van der Waals surface area contributed by atoms with Gasteiger partial charge in [-0.15, -0.1) is 0 Å². The van der Waals surface area contributed by atoms with Crippen LogP contribution in [0.25, 0.3) is 0 Å². The fourth-order valence-electron chi connectivity index (χ4n) is 1.46. The first-order chi connectivity index (χ1) is 8.36. The van der Waals surface area contributed by atoms with E-state index in [1.807, 2.05) is 0 Å². The Bertz CT molecular complexity index is 427. The van der Waals surface area contributed by atoms with Gasteiger partial charge in [0.25, 0.3) is 10.0 Å². The van der Waals surface area contributed by atoms with Gasteiger partial charge in [0.1, 0.15) is 0 Å². The molecule has 1 aliphatic rings. The van der Waals surface area contributed by atoms with E-state index in [0.29, 0.717) is 0 Å². The van der Waals surface area contributed by atoms with E-state index in [1.165, 1.54) is 0 Å². The van der Waals surface area contributed by atoms with Crippen LogP contribution in [0.5, 0.6) is 0 Å². The number of piperazine rings is 1. The Morgan fingerprint density at radius 2 is 1.42 bits per heavy atom. The van der Waals surface area contributed by atoms with E-state index >= 15 is 0 Å². The van der Waals surface area contributed by atoms with Gasteiger partial charge in [-0.25, -0.2) is 8.42 Å². The first kappa shape index (κ1) is 16.5. The van der Waals surface area contributed by atoms with Crippen LogP contribution < -0.4 is 5.32 Å². The van der Waals surface area contributed by atoms with E-state index in [-0.39, 0.29) is 17.4 Å². The summed E-state index contributed by atoms with van der Waals surface area (Å²) in [7, 11) is -5.87. The second kappa shape index (κ2) is 4.77. The van der Waals surface area contributed by atoms with Crippen molar-refractivity contribution in [2.75, 3.05) is 26.2 Å². The Kier molecular flexibility index (Phi) is 4.15. The molecule has 1 rings (SSSR count). The number of nitrogens with zero attached hydrogens (tertiary/aromatic N) is 1. The van der Waals surface area contributed by atoms with E-state index in [0.717, 1.165) is 0 Å². The van der Waals surface area contributed by atoms with Gasteiger partial charge >= 0.3 is 17.1 Å². The van der Waals surface area contributed by atoms with Crippen LogP contribution in [0, 0.1) is 0 Å². The van der Waals surface area contributed by atoms with Crippen molar-refractivity contribution >= 4 is 10.0 Å². The zero-order valence-electron chi connectivity index (χ0n) is 9.77. The minimum absolute atomic E-state index is 0.0244. The summed E-state index contributed by atoms with van der Waals surface area (Å²) in [6.07, 6.45) is 0. The van der Waals surface area contributed by atoms with Gasteiger partial charge in [-0.05, 0) is 0 Å². The third kappa shape index (κ3) is 2.55. The Hall–Kier alpha value is -0.550. The smallest absolute Gasteiger partial charge is 0.314 e. The maximum absolute atomic E-state index is 13.4. The molecule has 1 saturated heterocycles. The largest absolute Gasteiger partial charge is 0.427 e. The van der Waals surface area contributed by atoms with E-state index in [2.05, 4.69) is 5.32 Å². The first-order valence-corrected chi connectivity index (χ1v) is 6.63. The molecule has 1 aliphatic heterocycles. The van der Waals surface area contributed by atoms with E-state index in [4.69, 9.17) is 0 Å². The van der Waals surface area contributed by atoms with E-state index < -0.39 is 47.1 Å². The predicted molar refractivity (Wildman–Crippen MR) is 53.9 cm³/mol. The highest BCUT2D eigenvalue weighted by Gasteiger charge is 2.76. The van der Waals surface area contributed by atoms with Crippen LogP contribution in [0.15, 0.2) is 0 Å². The monoisotopic (exact) mass is 314 g/mol. The number of hydrogen-bond acceptors (Lipinski definition) is 3. The Labute approximate surface area is 105 Å². The van der Waals surface area contributed by atoms with Gasteiger partial charge < -0.3 is 5.32 Å². The predicted octanol–water partition coefficient (Wildman–Crippen LogP) is 1.10. The van der Waals surface area contributed by atoms with Crippen molar-refractivity contribution in [3.63, 3.8) is 0 Å². The summed E-state index contributed by atoms with van der Waals surface area (Å²) in [5, 5.41) is -3.26. The van der Waals surface area contributed by atoms with Crippen LogP contribution >= 0.6 is 0 Å². The molecule has 1 N–H and O–H groups in total. The third-order valence-electron chi connectivity index (χ3n) is 2.66. The molecule has 0 aromatic rings.